The van der Waals surface area contributed by atoms with Crippen molar-refractivity contribution >= 4 is 17.5 Å². The van der Waals surface area contributed by atoms with Crippen molar-refractivity contribution in [1.29, 1.82) is 0 Å². The maximum absolute atomic E-state index is 10.8. The van der Waals surface area contributed by atoms with Crippen LogP contribution in [0.5, 0.6) is 0 Å². The van der Waals surface area contributed by atoms with Crippen LogP contribution in [0, 0.1) is 0 Å². The van der Waals surface area contributed by atoms with Gasteiger partial charge in [-0.15, -0.1) is 0 Å². The van der Waals surface area contributed by atoms with Gasteiger partial charge in [0.15, 0.2) is 5.78 Å². The molecule has 3 nitrogen and oxygen atoms in total. The second-order valence-corrected chi connectivity index (χ2v) is 3.36. The molecule has 0 aromatic carbocycles. The molecule has 0 radical (unpaired) electrons. The molecule has 1 saturated heterocycles. The van der Waals surface area contributed by atoms with E-state index in [0.29, 0.717) is 0 Å². The molecule has 1 rings (SSSR count). The van der Waals surface area contributed by atoms with Crippen LogP contribution in [0.15, 0.2) is 0 Å². The molecule has 0 aromatic rings. The van der Waals surface area contributed by atoms with E-state index < -0.39 is 0 Å². The standard InChI is InChI=1S/C6H11NO2S/c8-3-6(9)5-4-10-2-1-7-5/h5,7-8H,1-4H2. The van der Waals surface area contributed by atoms with Crippen LogP contribution in [0.3, 0.4) is 0 Å². The van der Waals surface area contributed by atoms with Crippen LogP contribution in [0.4, 0.5) is 0 Å². The molecule has 2 N–H and O–H groups in total. The minimum absolute atomic E-state index is 0.0906. The van der Waals surface area contributed by atoms with Crippen molar-refractivity contribution < 1.29 is 9.90 Å². The van der Waals surface area contributed by atoms with E-state index >= 15 is 0 Å². The molecule has 0 spiro atoms. The number of hydrogen-bond acceptors (Lipinski definition) is 4. The molecule has 1 aliphatic heterocycles. The summed E-state index contributed by atoms with van der Waals surface area (Å²) in [5.41, 5.74) is 0. The second-order valence-electron chi connectivity index (χ2n) is 2.21. The number of Topliss-reactive ketones (excluding diaryl/α,β-unsaturated/α-hetero) is 1. The Bertz CT molecular complexity index is 123. The van der Waals surface area contributed by atoms with Crippen molar-refractivity contribution in [3.8, 4) is 0 Å². The first kappa shape index (κ1) is 8.04. The Kier molecular flexibility index (Phi) is 3.18. The van der Waals surface area contributed by atoms with Gasteiger partial charge in [0.2, 0.25) is 0 Å². The first-order valence-electron chi connectivity index (χ1n) is 3.29. The summed E-state index contributed by atoms with van der Waals surface area (Å²) in [7, 11) is 0. The van der Waals surface area contributed by atoms with E-state index in [0.717, 1.165) is 18.1 Å². The topological polar surface area (TPSA) is 49.3 Å². The number of aliphatic hydroxyl groups excluding tert-OH is 1. The summed E-state index contributed by atoms with van der Waals surface area (Å²) in [6, 6.07) is -0.108. The van der Waals surface area contributed by atoms with Crippen LogP contribution in [0.2, 0.25) is 0 Å². The summed E-state index contributed by atoms with van der Waals surface area (Å²) >= 11 is 1.75. The van der Waals surface area contributed by atoms with E-state index in [1.165, 1.54) is 0 Å². The normalized spacial score (nSPS) is 26.3. The molecule has 1 fully saturated rings. The molecule has 1 heterocycles. The first-order chi connectivity index (χ1) is 4.84. The Morgan fingerprint density at radius 3 is 3.10 bits per heavy atom. The van der Waals surface area contributed by atoms with Gasteiger partial charge in [-0.05, 0) is 0 Å². The quantitative estimate of drug-likeness (QED) is 0.559. The lowest BCUT2D eigenvalue weighted by atomic mass is 10.2. The monoisotopic (exact) mass is 161 g/mol. The van der Waals surface area contributed by atoms with Crippen molar-refractivity contribution in [2.24, 2.45) is 0 Å². The van der Waals surface area contributed by atoms with Crippen LogP contribution in [-0.4, -0.2) is 41.6 Å². The molecule has 4 heteroatoms. The van der Waals surface area contributed by atoms with Gasteiger partial charge in [0.05, 0.1) is 6.04 Å². The lowest BCUT2D eigenvalue weighted by Crippen LogP contribution is -2.44. The SMILES string of the molecule is O=C(CO)C1CSCCN1. The second kappa shape index (κ2) is 3.95. The number of rotatable bonds is 2. The van der Waals surface area contributed by atoms with Crippen LogP contribution >= 0.6 is 11.8 Å². The highest BCUT2D eigenvalue weighted by atomic mass is 32.2. The molecule has 1 unspecified atom stereocenters. The fourth-order valence-electron chi connectivity index (χ4n) is 0.882. The molecule has 10 heavy (non-hydrogen) atoms. The van der Waals surface area contributed by atoms with Gasteiger partial charge >= 0.3 is 0 Å². The predicted octanol–water partition coefficient (Wildman–Crippen LogP) is -0.747. The average Bonchev–Trinajstić information content (AvgIpc) is 2.05. The molecule has 1 atom stereocenters. The van der Waals surface area contributed by atoms with Crippen molar-refractivity contribution in [2.45, 2.75) is 6.04 Å². The Hall–Kier alpha value is -0.0600. The average molecular weight is 161 g/mol. The zero-order valence-electron chi connectivity index (χ0n) is 5.67. The highest BCUT2D eigenvalue weighted by molar-refractivity contribution is 7.99. The maximum atomic E-state index is 10.8. The molecular formula is C6H11NO2S. The number of nitrogens with one attached hydrogen (secondary N) is 1. The van der Waals surface area contributed by atoms with E-state index in [4.69, 9.17) is 5.11 Å². The van der Waals surface area contributed by atoms with E-state index in [9.17, 15) is 4.79 Å². The molecule has 0 saturated carbocycles. The largest absolute Gasteiger partial charge is 0.389 e. The Morgan fingerprint density at radius 2 is 2.60 bits per heavy atom. The Morgan fingerprint density at radius 1 is 1.80 bits per heavy atom. The Labute approximate surface area is 64.2 Å². The summed E-state index contributed by atoms with van der Waals surface area (Å²) in [5.74, 6) is 1.78. The fraction of sp³-hybridized carbons (Fsp3) is 0.833. The van der Waals surface area contributed by atoms with Gasteiger partial charge in [0, 0.05) is 18.1 Å². The van der Waals surface area contributed by atoms with Gasteiger partial charge < -0.3 is 10.4 Å². The van der Waals surface area contributed by atoms with Gasteiger partial charge in [0.25, 0.3) is 0 Å². The van der Waals surface area contributed by atoms with Crippen molar-refractivity contribution in [3.05, 3.63) is 0 Å². The van der Waals surface area contributed by atoms with E-state index in [2.05, 4.69) is 5.32 Å². The third-order valence-corrected chi connectivity index (χ3v) is 2.53. The number of thioether (sulfide) groups is 1. The van der Waals surface area contributed by atoms with Crippen molar-refractivity contribution in [3.63, 3.8) is 0 Å². The lowest BCUT2D eigenvalue weighted by molar-refractivity contribution is -0.123. The summed E-state index contributed by atoms with van der Waals surface area (Å²) in [4.78, 5) is 10.8. The van der Waals surface area contributed by atoms with Gasteiger partial charge in [-0.2, -0.15) is 11.8 Å². The zero-order valence-corrected chi connectivity index (χ0v) is 6.49. The number of aliphatic hydroxyl groups is 1. The van der Waals surface area contributed by atoms with Crippen LogP contribution in [-0.2, 0) is 4.79 Å². The van der Waals surface area contributed by atoms with Gasteiger partial charge in [-0.3, -0.25) is 4.79 Å². The minimum atomic E-state index is -0.335. The smallest absolute Gasteiger partial charge is 0.175 e. The third-order valence-electron chi connectivity index (χ3n) is 1.47. The predicted molar refractivity (Wildman–Crippen MR) is 41.2 cm³/mol. The number of carbonyl (C=O) groups excluding carboxylic acids is 1. The maximum Gasteiger partial charge on any atom is 0.175 e. The number of ketones is 1. The van der Waals surface area contributed by atoms with Crippen LogP contribution in [0.1, 0.15) is 0 Å². The minimum Gasteiger partial charge on any atom is -0.389 e. The van der Waals surface area contributed by atoms with Gasteiger partial charge in [-0.1, -0.05) is 0 Å². The molecule has 0 aromatic heterocycles. The van der Waals surface area contributed by atoms with Crippen molar-refractivity contribution in [2.75, 3.05) is 24.7 Å². The summed E-state index contributed by atoms with van der Waals surface area (Å²) < 4.78 is 0. The fourth-order valence-corrected chi connectivity index (χ4v) is 1.85. The van der Waals surface area contributed by atoms with E-state index in [1.54, 1.807) is 11.8 Å². The highest BCUT2D eigenvalue weighted by Crippen LogP contribution is 2.07. The summed E-state index contributed by atoms with van der Waals surface area (Å²) in [6.07, 6.45) is 0. The molecule has 0 amide bonds. The molecule has 0 bridgehead atoms. The van der Waals surface area contributed by atoms with Gasteiger partial charge in [0.1, 0.15) is 6.61 Å². The number of carbonyl (C=O) groups is 1. The molecular weight excluding hydrogens is 150 g/mol. The molecule has 1 aliphatic rings. The molecule has 58 valence electrons. The lowest BCUT2D eigenvalue weighted by Gasteiger charge is -2.20. The van der Waals surface area contributed by atoms with Gasteiger partial charge in [-0.25, -0.2) is 0 Å². The zero-order chi connectivity index (χ0) is 7.40. The van der Waals surface area contributed by atoms with Crippen molar-refractivity contribution in [1.82, 2.24) is 5.32 Å². The number of hydrogen-bond donors (Lipinski definition) is 2. The van der Waals surface area contributed by atoms with E-state index in [-0.39, 0.29) is 18.4 Å². The van der Waals surface area contributed by atoms with Crippen LogP contribution in [0.25, 0.3) is 0 Å². The summed E-state index contributed by atoms with van der Waals surface area (Å²) in [6.45, 7) is 0.541. The van der Waals surface area contributed by atoms with Crippen LogP contribution < -0.4 is 5.32 Å². The molecule has 0 aliphatic carbocycles. The first-order valence-corrected chi connectivity index (χ1v) is 4.45. The van der Waals surface area contributed by atoms with E-state index in [1.807, 2.05) is 0 Å². The Balaban J connectivity index is 2.31. The highest BCUT2D eigenvalue weighted by Gasteiger charge is 2.19. The summed E-state index contributed by atoms with van der Waals surface area (Å²) in [5, 5.41) is 11.5. The third kappa shape index (κ3) is 1.97.